The normalized spacial score (nSPS) is 12.3. The van der Waals surface area contributed by atoms with Crippen LogP contribution in [0.1, 0.15) is 55.6 Å². The number of alkyl carbamates (subject to hydrolysis) is 1. The fraction of sp³-hybridized carbons (Fsp3) is 0.290. The van der Waals surface area contributed by atoms with Gasteiger partial charge in [-0.15, -0.1) is 0 Å². The van der Waals surface area contributed by atoms with Crippen molar-refractivity contribution in [3.63, 3.8) is 0 Å². The molecule has 0 bridgehead atoms. The van der Waals surface area contributed by atoms with E-state index in [1.54, 1.807) is 0 Å². The summed E-state index contributed by atoms with van der Waals surface area (Å²) in [5.74, 6) is -18.3. The molecule has 0 saturated heterocycles. The summed E-state index contributed by atoms with van der Waals surface area (Å²) in [6.45, 7) is -0.157. The Bertz CT molecular complexity index is 1550. The first-order chi connectivity index (χ1) is 21.3. The molecule has 1 aliphatic rings. The van der Waals surface area contributed by atoms with Crippen LogP contribution in [-0.4, -0.2) is 46.4 Å². The number of nitrogens with one attached hydrogen (secondary N) is 1. The van der Waals surface area contributed by atoms with Gasteiger partial charge in [-0.25, -0.2) is 18.0 Å². The highest BCUT2D eigenvalue weighted by Crippen LogP contribution is 2.44. The Morgan fingerprint density at radius 3 is 1.62 bits per heavy atom. The molecule has 3 aromatic rings. The zero-order chi connectivity index (χ0) is 32.9. The summed E-state index contributed by atoms with van der Waals surface area (Å²) >= 11 is 0. The van der Waals surface area contributed by atoms with Gasteiger partial charge in [0.25, 0.3) is 0 Å². The van der Waals surface area contributed by atoms with Gasteiger partial charge >= 0.3 is 24.0 Å². The number of carbonyl (C=O) groups is 4. The first-order valence-corrected chi connectivity index (χ1v) is 13.6. The van der Waals surface area contributed by atoms with Gasteiger partial charge in [0, 0.05) is 30.7 Å². The summed E-state index contributed by atoms with van der Waals surface area (Å²) in [6.07, 6.45) is -4.47. The van der Waals surface area contributed by atoms with Crippen molar-refractivity contribution in [3.8, 4) is 16.9 Å². The minimum atomic E-state index is -2.46. The fourth-order valence-corrected chi connectivity index (χ4v) is 5.29. The van der Waals surface area contributed by atoms with Crippen molar-refractivity contribution in [1.82, 2.24) is 5.32 Å². The number of fused-ring (bicyclic) bond motifs is 3. The van der Waals surface area contributed by atoms with E-state index in [9.17, 15) is 51.3 Å². The molecule has 3 aromatic carbocycles. The molecule has 0 spiro atoms. The molecule has 0 atom stereocenters. The number of halogens is 5. The highest BCUT2D eigenvalue weighted by molar-refractivity contribution is 5.79. The predicted molar refractivity (Wildman–Crippen MR) is 146 cm³/mol. The summed E-state index contributed by atoms with van der Waals surface area (Å²) in [5, 5.41) is 21.1. The monoisotopic (exact) mass is 635 g/mol. The number of carboxylic acid groups (broad SMARTS) is 2. The van der Waals surface area contributed by atoms with Gasteiger partial charge in [0.15, 0.2) is 0 Å². The molecule has 45 heavy (non-hydrogen) atoms. The molecule has 4 rings (SSSR count). The fourth-order valence-electron chi connectivity index (χ4n) is 5.29. The van der Waals surface area contributed by atoms with E-state index >= 15 is 0 Å². The first-order valence-electron chi connectivity index (χ1n) is 13.6. The highest BCUT2D eigenvalue weighted by Gasteiger charge is 2.36. The Labute approximate surface area is 252 Å². The Hall–Kier alpha value is -5.01. The molecule has 0 radical (unpaired) electrons. The number of rotatable bonds is 13. The van der Waals surface area contributed by atoms with Crippen LogP contribution in [0.3, 0.4) is 0 Å². The van der Waals surface area contributed by atoms with E-state index in [2.05, 4.69) is 10.1 Å². The Morgan fingerprint density at radius 1 is 0.689 bits per heavy atom. The molecule has 1 amide bonds. The number of carbonyl (C=O) groups excluding carboxylic acids is 2. The molecular weight excluding hydrogens is 609 g/mol. The third-order valence-corrected chi connectivity index (χ3v) is 7.54. The van der Waals surface area contributed by atoms with E-state index in [0.717, 1.165) is 22.3 Å². The molecule has 0 saturated carbocycles. The number of aliphatic carboxylic acids is 2. The van der Waals surface area contributed by atoms with Crippen molar-refractivity contribution < 1.29 is 60.8 Å². The van der Waals surface area contributed by atoms with Crippen molar-refractivity contribution in [1.29, 1.82) is 0 Å². The number of hydrogen-bond acceptors (Lipinski definition) is 6. The molecule has 0 fully saturated rings. The van der Waals surface area contributed by atoms with Crippen LogP contribution < -0.4 is 10.1 Å². The van der Waals surface area contributed by atoms with Gasteiger partial charge in [-0.2, -0.15) is 8.78 Å². The van der Waals surface area contributed by atoms with E-state index in [-0.39, 0.29) is 12.5 Å². The zero-order valence-corrected chi connectivity index (χ0v) is 23.4. The van der Waals surface area contributed by atoms with Crippen molar-refractivity contribution in [2.75, 3.05) is 6.61 Å². The van der Waals surface area contributed by atoms with Gasteiger partial charge in [0.2, 0.25) is 34.8 Å². The third-order valence-electron chi connectivity index (χ3n) is 7.54. The lowest BCUT2D eigenvalue weighted by molar-refractivity contribution is -0.137. The van der Waals surface area contributed by atoms with Gasteiger partial charge in [-0.05, 0) is 41.5 Å². The molecular formula is C31H26F5NO8. The van der Waals surface area contributed by atoms with Gasteiger partial charge in [-0.1, -0.05) is 48.5 Å². The lowest BCUT2D eigenvalue weighted by Crippen LogP contribution is -2.50. The number of ether oxygens (including phenoxy) is 2. The molecule has 0 heterocycles. The number of hydrogen-bond donors (Lipinski definition) is 3. The van der Waals surface area contributed by atoms with Crippen molar-refractivity contribution in [2.45, 2.75) is 50.0 Å². The Morgan fingerprint density at radius 2 is 1.13 bits per heavy atom. The first kappa shape index (κ1) is 32.9. The van der Waals surface area contributed by atoms with Crippen molar-refractivity contribution >= 4 is 24.0 Å². The van der Waals surface area contributed by atoms with Crippen molar-refractivity contribution in [2.24, 2.45) is 0 Å². The highest BCUT2D eigenvalue weighted by atomic mass is 19.2. The van der Waals surface area contributed by atoms with Crippen LogP contribution in [0.15, 0.2) is 48.5 Å². The molecule has 0 aliphatic heterocycles. The number of carboxylic acids is 2. The van der Waals surface area contributed by atoms with E-state index in [0.29, 0.717) is 0 Å². The number of benzene rings is 3. The van der Waals surface area contributed by atoms with E-state index in [4.69, 9.17) is 4.74 Å². The van der Waals surface area contributed by atoms with E-state index in [1.165, 1.54) is 0 Å². The minimum absolute atomic E-state index is 0.157. The van der Waals surface area contributed by atoms with Gasteiger partial charge in [-0.3, -0.25) is 14.4 Å². The lowest BCUT2D eigenvalue weighted by atomic mass is 9.83. The summed E-state index contributed by atoms with van der Waals surface area (Å²) in [7, 11) is 0. The second-order valence-electron chi connectivity index (χ2n) is 10.4. The molecule has 9 nitrogen and oxygen atoms in total. The summed E-state index contributed by atoms with van der Waals surface area (Å²) in [6, 6.07) is 15.0. The second kappa shape index (κ2) is 13.7. The maximum Gasteiger partial charge on any atom is 0.407 e. The SMILES string of the molecule is O=C(O)CCC(CCC(=O)O)(CCC(=O)Oc1c(F)c(F)c(F)c(F)c1F)NC(=O)OCC1c2ccccc2-c2ccccc21. The van der Waals surface area contributed by atoms with Crippen molar-refractivity contribution in [3.05, 3.63) is 88.7 Å². The molecule has 238 valence electrons. The van der Waals surface area contributed by atoms with Crippen LogP contribution in [0.25, 0.3) is 11.1 Å². The number of amides is 1. The van der Waals surface area contributed by atoms with Gasteiger partial charge in [0.1, 0.15) is 6.61 Å². The largest absolute Gasteiger partial charge is 0.481 e. The van der Waals surface area contributed by atoms with Gasteiger partial charge < -0.3 is 25.0 Å². The summed E-state index contributed by atoms with van der Waals surface area (Å²) in [5.41, 5.74) is 1.96. The smallest absolute Gasteiger partial charge is 0.407 e. The maximum atomic E-state index is 14.0. The maximum absolute atomic E-state index is 14.0. The number of esters is 1. The molecule has 14 heteroatoms. The topological polar surface area (TPSA) is 139 Å². The minimum Gasteiger partial charge on any atom is -0.481 e. The molecule has 1 aliphatic carbocycles. The van der Waals surface area contributed by atoms with E-state index < -0.39 is 103 Å². The van der Waals surface area contributed by atoms with E-state index in [1.807, 2.05) is 48.5 Å². The molecule has 0 unspecified atom stereocenters. The van der Waals surface area contributed by atoms with Crippen LogP contribution in [-0.2, 0) is 19.1 Å². The summed E-state index contributed by atoms with van der Waals surface area (Å²) in [4.78, 5) is 48.4. The Kier molecular flexibility index (Phi) is 10.0. The van der Waals surface area contributed by atoms with Gasteiger partial charge in [0.05, 0.1) is 0 Å². The quantitative estimate of drug-likeness (QED) is 0.0676. The Balaban J connectivity index is 1.52. The summed E-state index contributed by atoms with van der Waals surface area (Å²) < 4.78 is 78.4. The van der Waals surface area contributed by atoms with Crippen LogP contribution in [0.4, 0.5) is 26.7 Å². The molecule has 0 aromatic heterocycles. The average Bonchev–Trinajstić information content (AvgIpc) is 3.34. The van der Waals surface area contributed by atoms with Crippen LogP contribution in [0, 0.1) is 29.1 Å². The lowest BCUT2D eigenvalue weighted by Gasteiger charge is -2.34. The van der Waals surface area contributed by atoms with Crippen LogP contribution in [0.2, 0.25) is 0 Å². The van der Waals surface area contributed by atoms with Crippen LogP contribution >= 0.6 is 0 Å². The van der Waals surface area contributed by atoms with Crippen LogP contribution in [0.5, 0.6) is 5.75 Å². The second-order valence-corrected chi connectivity index (χ2v) is 10.4. The predicted octanol–water partition coefficient (Wildman–Crippen LogP) is 6.07. The zero-order valence-electron chi connectivity index (χ0n) is 23.4. The average molecular weight is 636 g/mol. The molecule has 3 N–H and O–H groups in total. The standard InChI is InChI=1S/C31H26F5NO8/c32-24-25(33)27(35)29(28(36)26(24)34)45-23(42)11-14-31(12-9-21(38)39,13-10-22(40)41)37-30(43)44-15-20-18-7-3-1-5-16(18)17-6-2-4-8-19(17)20/h1-8,20H,9-15H2,(H,37,43)(H,38,39)(H,40,41). The third kappa shape index (κ3) is 7.39.